The molecule has 0 aliphatic heterocycles. The van der Waals surface area contributed by atoms with Gasteiger partial charge in [-0.1, -0.05) is 6.58 Å². The van der Waals surface area contributed by atoms with Crippen LogP contribution in [0.4, 0.5) is 0 Å². The number of carbonyl (C=O) groups is 1. The van der Waals surface area contributed by atoms with Crippen LogP contribution in [0.2, 0.25) is 0 Å². The van der Waals surface area contributed by atoms with Crippen molar-refractivity contribution in [2.24, 2.45) is 0 Å². The first-order valence-electron chi connectivity index (χ1n) is 5.13. The van der Waals surface area contributed by atoms with E-state index in [1.165, 1.54) is 13.8 Å². The van der Waals surface area contributed by atoms with Gasteiger partial charge in [-0.3, -0.25) is 4.84 Å². The lowest BCUT2D eigenvalue weighted by molar-refractivity contribution is -1.06. The lowest BCUT2D eigenvalue weighted by atomic mass is 10.3. The summed E-state index contributed by atoms with van der Waals surface area (Å²) < 4.78 is 31.9. The standard InChI is InChI=1S/C10H19NO5S/c1-8(2)10(12)16-11(4,5)7-6-9(3)17(13,14)15/h9H,1,6-7H2,2-5H3. The van der Waals surface area contributed by atoms with Gasteiger partial charge in [-0.2, -0.15) is 0 Å². The molecule has 0 fully saturated rings. The maximum Gasteiger partial charge on any atom is 0.392 e. The third-order valence-electron chi connectivity index (χ3n) is 2.25. The first-order chi connectivity index (χ1) is 7.46. The van der Waals surface area contributed by atoms with E-state index in [1.54, 1.807) is 14.1 Å². The minimum Gasteiger partial charge on any atom is -0.748 e. The van der Waals surface area contributed by atoms with Crippen molar-refractivity contribution in [1.29, 1.82) is 0 Å². The normalized spacial score (nSPS) is 14.2. The Kier molecular flexibility index (Phi) is 5.31. The summed E-state index contributed by atoms with van der Waals surface area (Å²) in [6, 6.07) is 0. The molecule has 0 saturated carbocycles. The van der Waals surface area contributed by atoms with Gasteiger partial charge in [0.25, 0.3) is 0 Å². The van der Waals surface area contributed by atoms with Crippen LogP contribution in [-0.4, -0.2) is 49.5 Å². The molecule has 17 heavy (non-hydrogen) atoms. The van der Waals surface area contributed by atoms with E-state index in [0.29, 0.717) is 0 Å². The molecule has 0 aromatic heterocycles. The van der Waals surface area contributed by atoms with Crippen LogP contribution in [0.15, 0.2) is 12.2 Å². The summed E-state index contributed by atoms with van der Waals surface area (Å²) in [5.74, 6) is -0.548. The van der Waals surface area contributed by atoms with E-state index in [9.17, 15) is 17.8 Å². The molecule has 0 N–H and O–H groups in total. The molecular formula is C10H19NO5S. The summed E-state index contributed by atoms with van der Waals surface area (Å²) in [7, 11) is -1.08. The van der Waals surface area contributed by atoms with Gasteiger partial charge in [-0.05, 0) is 13.8 Å². The van der Waals surface area contributed by atoms with Crippen LogP contribution >= 0.6 is 0 Å². The molecule has 7 heteroatoms. The molecule has 0 aromatic rings. The quantitative estimate of drug-likeness (QED) is 0.301. The minimum atomic E-state index is -4.29. The van der Waals surface area contributed by atoms with Crippen LogP contribution in [0, 0.1) is 0 Å². The van der Waals surface area contributed by atoms with Gasteiger partial charge in [0, 0.05) is 12.0 Å². The molecule has 0 radical (unpaired) electrons. The van der Waals surface area contributed by atoms with Crippen LogP contribution in [0.5, 0.6) is 0 Å². The summed E-state index contributed by atoms with van der Waals surface area (Å²) >= 11 is 0. The van der Waals surface area contributed by atoms with Gasteiger partial charge in [0.1, 0.15) is 20.6 Å². The van der Waals surface area contributed by atoms with Gasteiger partial charge in [0.15, 0.2) is 0 Å². The van der Waals surface area contributed by atoms with Crippen LogP contribution in [0.1, 0.15) is 20.3 Å². The summed E-state index contributed by atoms with van der Waals surface area (Å²) in [5, 5.41) is -0.997. The zero-order chi connectivity index (χ0) is 13.9. The highest BCUT2D eigenvalue weighted by molar-refractivity contribution is 7.86. The Bertz CT molecular complexity index is 399. The topological polar surface area (TPSA) is 83.5 Å². The minimum absolute atomic E-state index is 0.127. The Morgan fingerprint density at radius 3 is 2.29 bits per heavy atom. The fraction of sp³-hybridized carbons (Fsp3) is 0.700. The van der Waals surface area contributed by atoms with E-state index in [2.05, 4.69) is 6.58 Å². The highest BCUT2D eigenvalue weighted by Gasteiger charge is 2.24. The number of hydrogen-bond acceptors (Lipinski definition) is 5. The Morgan fingerprint density at radius 1 is 1.47 bits per heavy atom. The number of nitrogens with zero attached hydrogens (tertiary/aromatic N) is 1. The second-order valence-corrected chi connectivity index (χ2v) is 6.34. The zero-order valence-electron chi connectivity index (χ0n) is 10.6. The maximum atomic E-state index is 11.3. The van der Waals surface area contributed by atoms with Crippen LogP contribution in [-0.2, 0) is 19.8 Å². The van der Waals surface area contributed by atoms with Gasteiger partial charge in [-0.15, -0.1) is 4.65 Å². The van der Waals surface area contributed by atoms with Gasteiger partial charge in [-0.25, -0.2) is 13.2 Å². The van der Waals surface area contributed by atoms with E-state index < -0.39 is 21.3 Å². The molecule has 1 atom stereocenters. The summed E-state index contributed by atoms with van der Waals surface area (Å²) in [6.07, 6.45) is 0.127. The third-order valence-corrected chi connectivity index (χ3v) is 3.47. The maximum absolute atomic E-state index is 11.3. The van der Waals surface area contributed by atoms with E-state index in [1.807, 2.05) is 0 Å². The van der Waals surface area contributed by atoms with Gasteiger partial charge >= 0.3 is 5.97 Å². The van der Waals surface area contributed by atoms with Crippen LogP contribution in [0.3, 0.4) is 0 Å². The number of hydroxylamine groups is 3. The van der Waals surface area contributed by atoms with Crippen molar-refractivity contribution in [1.82, 2.24) is 0 Å². The summed E-state index contributed by atoms with van der Waals surface area (Å²) in [4.78, 5) is 16.3. The van der Waals surface area contributed by atoms with Crippen molar-refractivity contribution in [2.75, 3.05) is 20.6 Å². The lowest BCUT2D eigenvalue weighted by Crippen LogP contribution is -2.44. The lowest BCUT2D eigenvalue weighted by Gasteiger charge is -2.27. The summed E-state index contributed by atoms with van der Waals surface area (Å²) in [5.41, 5.74) is 0.265. The average Bonchev–Trinajstić information content (AvgIpc) is 2.11. The van der Waals surface area contributed by atoms with Crippen molar-refractivity contribution in [3.63, 3.8) is 0 Å². The van der Waals surface area contributed by atoms with E-state index in [4.69, 9.17) is 4.84 Å². The Morgan fingerprint density at radius 2 is 1.94 bits per heavy atom. The average molecular weight is 265 g/mol. The Hall–Kier alpha value is -0.920. The second-order valence-electron chi connectivity index (χ2n) is 4.55. The van der Waals surface area contributed by atoms with Crippen molar-refractivity contribution in [2.45, 2.75) is 25.5 Å². The van der Waals surface area contributed by atoms with Gasteiger partial charge in [0.05, 0.1) is 15.4 Å². The molecule has 1 unspecified atom stereocenters. The number of quaternary nitrogens is 1. The highest BCUT2D eigenvalue weighted by atomic mass is 32.2. The monoisotopic (exact) mass is 265 g/mol. The molecule has 0 bridgehead atoms. The van der Waals surface area contributed by atoms with Crippen molar-refractivity contribution < 1.29 is 27.2 Å². The molecule has 0 heterocycles. The fourth-order valence-corrected chi connectivity index (χ4v) is 1.38. The number of carbonyl (C=O) groups excluding carboxylic acids is 1. The summed E-state index contributed by atoms with van der Waals surface area (Å²) in [6.45, 7) is 6.54. The number of rotatable bonds is 6. The predicted octanol–water partition coefficient (Wildman–Crippen LogP) is 0.421. The predicted molar refractivity (Wildman–Crippen MR) is 61.7 cm³/mol. The SMILES string of the molecule is C=C(C)C(=O)O[N+](C)(C)CCC(C)S(=O)(=O)[O-]. The molecule has 100 valence electrons. The third kappa shape index (κ3) is 6.40. The first-order valence-corrected chi connectivity index (χ1v) is 6.60. The molecule has 0 spiro atoms. The van der Waals surface area contributed by atoms with Crippen LogP contribution in [0.25, 0.3) is 0 Å². The zero-order valence-corrected chi connectivity index (χ0v) is 11.4. The second kappa shape index (κ2) is 5.61. The Balaban J connectivity index is 4.38. The highest BCUT2D eigenvalue weighted by Crippen LogP contribution is 2.10. The molecular weight excluding hydrogens is 246 g/mol. The van der Waals surface area contributed by atoms with E-state index in [-0.39, 0.29) is 23.2 Å². The van der Waals surface area contributed by atoms with E-state index in [0.717, 1.165) is 0 Å². The van der Waals surface area contributed by atoms with Crippen molar-refractivity contribution >= 4 is 16.1 Å². The molecule has 0 aliphatic carbocycles. The van der Waals surface area contributed by atoms with Crippen molar-refractivity contribution in [3.05, 3.63) is 12.2 Å². The molecule has 6 nitrogen and oxygen atoms in total. The molecule has 0 saturated heterocycles. The fourth-order valence-electron chi connectivity index (χ4n) is 0.985. The largest absolute Gasteiger partial charge is 0.748 e. The molecule has 0 aliphatic rings. The smallest absolute Gasteiger partial charge is 0.392 e. The Labute approximate surface area is 102 Å². The van der Waals surface area contributed by atoms with Gasteiger partial charge < -0.3 is 4.55 Å². The molecule has 0 aromatic carbocycles. The number of hydrogen-bond donors (Lipinski definition) is 0. The van der Waals surface area contributed by atoms with E-state index >= 15 is 0 Å². The van der Waals surface area contributed by atoms with Crippen LogP contribution < -0.4 is 0 Å². The molecule has 0 amide bonds. The molecule has 0 rings (SSSR count). The van der Waals surface area contributed by atoms with Crippen molar-refractivity contribution in [3.8, 4) is 0 Å². The first kappa shape index (κ1) is 16.1. The van der Waals surface area contributed by atoms with Gasteiger partial charge in [0.2, 0.25) is 0 Å².